The van der Waals surface area contributed by atoms with Crippen molar-refractivity contribution in [3.63, 3.8) is 0 Å². The lowest BCUT2D eigenvalue weighted by molar-refractivity contribution is 0.478. The molecule has 0 bridgehead atoms. The Bertz CT molecular complexity index is 2310. The van der Waals surface area contributed by atoms with Gasteiger partial charge < -0.3 is 4.74 Å². The first-order chi connectivity index (χ1) is 22.8. The number of hydrogen-bond acceptors (Lipinski definition) is 3. The van der Waals surface area contributed by atoms with Crippen LogP contribution in [0.3, 0.4) is 0 Å². The lowest BCUT2D eigenvalue weighted by Gasteiger charge is -2.22. The monoisotopic (exact) mass is 632 g/mol. The van der Waals surface area contributed by atoms with E-state index in [1.807, 2.05) is 6.20 Å². The Kier molecular flexibility index (Phi) is 7.54. The highest BCUT2D eigenvalue weighted by atomic mass is 16.5. The molecule has 5 heteroatoms. The second-order valence-electron chi connectivity index (χ2n) is 15.1. The van der Waals surface area contributed by atoms with Crippen LogP contribution < -0.4 is 4.74 Å². The number of para-hydroxylation sites is 1. The number of hydrogen-bond donors (Lipinski definition) is 0. The van der Waals surface area contributed by atoms with Crippen LogP contribution in [0.1, 0.15) is 69.6 Å². The maximum atomic E-state index is 6.75. The summed E-state index contributed by atoms with van der Waals surface area (Å²) in [4.78, 5) is 4.85. The van der Waals surface area contributed by atoms with Gasteiger partial charge in [-0.25, -0.2) is 9.67 Å². The maximum absolute atomic E-state index is 6.75. The van der Waals surface area contributed by atoms with E-state index in [0.717, 1.165) is 50.8 Å². The molecule has 0 aliphatic carbocycles. The molecule has 7 aromatic rings. The van der Waals surface area contributed by atoms with E-state index >= 15 is 0 Å². The predicted molar refractivity (Wildman–Crippen MR) is 199 cm³/mol. The number of benzene rings is 4. The maximum Gasteiger partial charge on any atom is 0.137 e. The highest BCUT2D eigenvalue weighted by Gasteiger charge is 2.21. The molecule has 3 aromatic heterocycles. The number of pyridine rings is 1. The van der Waals surface area contributed by atoms with E-state index in [1.165, 1.54) is 33.2 Å². The molecule has 0 saturated carbocycles. The van der Waals surface area contributed by atoms with Gasteiger partial charge in [-0.1, -0.05) is 89.6 Å². The fraction of sp³-hybridized carbons (Fsp3) is 0.256. The smallest absolute Gasteiger partial charge is 0.137 e. The Morgan fingerprint density at radius 2 is 1.33 bits per heavy atom. The van der Waals surface area contributed by atoms with Gasteiger partial charge in [-0.3, -0.25) is 4.57 Å². The summed E-state index contributed by atoms with van der Waals surface area (Å²) >= 11 is 0. The molecule has 0 aliphatic rings. The van der Waals surface area contributed by atoms with Crippen LogP contribution in [0.25, 0.3) is 44.4 Å². The molecule has 0 radical (unpaired) electrons. The molecule has 0 atom stereocenters. The average molecular weight is 633 g/mol. The second kappa shape index (κ2) is 11.5. The van der Waals surface area contributed by atoms with Gasteiger partial charge in [0.1, 0.15) is 17.3 Å². The molecular formula is C43H44N4O. The average Bonchev–Trinajstić information content (AvgIpc) is 3.53. The van der Waals surface area contributed by atoms with Crippen molar-refractivity contribution < 1.29 is 4.74 Å². The first-order valence-electron chi connectivity index (χ1n) is 16.7. The van der Waals surface area contributed by atoms with Crippen molar-refractivity contribution in [1.29, 1.82) is 0 Å². The molecule has 0 spiro atoms. The summed E-state index contributed by atoms with van der Waals surface area (Å²) in [7, 11) is 0. The molecule has 4 aromatic carbocycles. The van der Waals surface area contributed by atoms with Gasteiger partial charge in [0.25, 0.3) is 0 Å². The van der Waals surface area contributed by atoms with Gasteiger partial charge in [0, 0.05) is 40.4 Å². The van der Waals surface area contributed by atoms with E-state index in [-0.39, 0.29) is 10.8 Å². The summed E-state index contributed by atoms with van der Waals surface area (Å²) < 4.78 is 11.1. The summed E-state index contributed by atoms with van der Waals surface area (Å²) in [6.45, 7) is 19.8. The van der Waals surface area contributed by atoms with Crippen molar-refractivity contribution in [3.8, 4) is 34.1 Å². The van der Waals surface area contributed by atoms with E-state index in [1.54, 1.807) is 0 Å². The van der Waals surface area contributed by atoms with Gasteiger partial charge in [-0.15, -0.1) is 0 Å². The minimum atomic E-state index is -0.0931. The summed E-state index contributed by atoms with van der Waals surface area (Å²) in [6, 6.07) is 34.4. The fourth-order valence-corrected chi connectivity index (χ4v) is 6.63. The molecule has 48 heavy (non-hydrogen) atoms. The Morgan fingerprint density at radius 1 is 0.625 bits per heavy atom. The molecule has 7 rings (SSSR count). The van der Waals surface area contributed by atoms with E-state index in [4.69, 9.17) is 14.8 Å². The molecule has 0 aliphatic heterocycles. The topological polar surface area (TPSA) is 44.9 Å². The first kappa shape index (κ1) is 31.4. The second-order valence-corrected chi connectivity index (χ2v) is 15.1. The number of aromatic nitrogens is 4. The normalized spacial score (nSPS) is 12.3. The number of aryl methyl sites for hydroxylation is 2. The molecule has 3 heterocycles. The zero-order valence-corrected chi connectivity index (χ0v) is 29.5. The van der Waals surface area contributed by atoms with E-state index < -0.39 is 0 Å². The summed E-state index contributed by atoms with van der Waals surface area (Å²) in [5.74, 6) is 2.44. The highest BCUT2D eigenvalue weighted by Crippen LogP contribution is 2.38. The Labute approximate surface area is 283 Å². The SMILES string of the molecule is Cc1ccc(-c2c(C)nn(-c3cc(Oc4ccc5c6ccccc6n(-c6cc(C(C)(C)C)ccn6)c5c4)cc(C(C)(C)C)c3)c2C)cc1. The standard InChI is InChI=1S/C43H44N4O/c1-27-14-16-30(17-15-27)41-28(2)45-47(29(41)3)33-22-32(43(7,8)9)23-35(25-33)48-34-18-19-37-36-12-10-11-13-38(36)46(39(37)26-34)40-24-31(20-21-44-40)42(4,5)6/h10-26H,1-9H3. The van der Waals surface area contributed by atoms with Gasteiger partial charge in [0.2, 0.25) is 0 Å². The van der Waals surface area contributed by atoms with Crippen LogP contribution in [0.2, 0.25) is 0 Å². The third-order valence-electron chi connectivity index (χ3n) is 9.35. The van der Waals surface area contributed by atoms with Gasteiger partial charge >= 0.3 is 0 Å². The van der Waals surface area contributed by atoms with E-state index in [9.17, 15) is 0 Å². The summed E-state index contributed by atoms with van der Waals surface area (Å²) in [5, 5.41) is 7.39. The van der Waals surface area contributed by atoms with Crippen LogP contribution in [-0.4, -0.2) is 19.3 Å². The van der Waals surface area contributed by atoms with Gasteiger partial charge in [0.05, 0.1) is 22.4 Å². The zero-order chi connectivity index (χ0) is 34.0. The molecule has 0 saturated heterocycles. The lowest BCUT2D eigenvalue weighted by Crippen LogP contribution is -2.12. The Morgan fingerprint density at radius 3 is 2.06 bits per heavy atom. The summed E-state index contributed by atoms with van der Waals surface area (Å²) in [5.41, 5.74) is 11.2. The quantitative estimate of drug-likeness (QED) is 0.190. The number of ether oxygens (including phenoxy) is 1. The van der Waals surface area contributed by atoms with Crippen molar-refractivity contribution in [2.75, 3.05) is 0 Å². The number of fused-ring (bicyclic) bond motifs is 3. The number of nitrogens with zero attached hydrogens (tertiary/aromatic N) is 4. The van der Waals surface area contributed by atoms with Crippen LogP contribution in [0.4, 0.5) is 0 Å². The summed E-state index contributed by atoms with van der Waals surface area (Å²) in [6.07, 6.45) is 1.92. The van der Waals surface area contributed by atoms with Crippen LogP contribution in [0, 0.1) is 20.8 Å². The van der Waals surface area contributed by atoms with Crippen molar-refractivity contribution >= 4 is 21.8 Å². The van der Waals surface area contributed by atoms with Crippen LogP contribution in [0.15, 0.2) is 103 Å². The van der Waals surface area contributed by atoms with Gasteiger partial charge in [-0.2, -0.15) is 5.10 Å². The molecular weight excluding hydrogens is 589 g/mol. The fourth-order valence-electron chi connectivity index (χ4n) is 6.63. The highest BCUT2D eigenvalue weighted by molar-refractivity contribution is 6.09. The molecule has 5 nitrogen and oxygen atoms in total. The predicted octanol–water partition coefficient (Wildman–Crippen LogP) is 11.3. The molecule has 0 amide bonds. The molecule has 0 N–H and O–H groups in total. The lowest BCUT2D eigenvalue weighted by atomic mass is 9.86. The molecule has 242 valence electrons. The van der Waals surface area contributed by atoms with Crippen LogP contribution >= 0.6 is 0 Å². The van der Waals surface area contributed by atoms with Crippen LogP contribution in [-0.2, 0) is 10.8 Å². The van der Waals surface area contributed by atoms with Gasteiger partial charge in [0.15, 0.2) is 0 Å². The number of rotatable bonds is 5. The third-order valence-corrected chi connectivity index (χ3v) is 9.35. The van der Waals surface area contributed by atoms with Crippen molar-refractivity contribution in [1.82, 2.24) is 19.3 Å². The zero-order valence-electron chi connectivity index (χ0n) is 29.5. The molecule has 0 fully saturated rings. The van der Waals surface area contributed by atoms with Crippen molar-refractivity contribution in [3.05, 3.63) is 131 Å². The minimum absolute atomic E-state index is 0.00682. The van der Waals surface area contributed by atoms with E-state index in [2.05, 4.69) is 169 Å². The first-order valence-corrected chi connectivity index (χ1v) is 16.7. The van der Waals surface area contributed by atoms with Gasteiger partial charge in [-0.05, 0) is 90.8 Å². The largest absolute Gasteiger partial charge is 0.457 e. The van der Waals surface area contributed by atoms with Crippen molar-refractivity contribution in [2.24, 2.45) is 0 Å². The van der Waals surface area contributed by atoms with Crippen LogP contribution in [0.5, 0.6) is 11.5 Å². The Hall–Kier alpha value is -5.16. The van der Waals surface area contributed by atoms with Crippen molar-refractivity contribution in [2.45, 2.75) is 73.1 Å². The third kappa shape index (κ3) is 5.68. The minimum Gasteiger partial charge on any atom is -0.457 e. The molecule has 0 unspecified atom stereocenters. The Balaban J connectivity index is 1.35. The van der Waals surface area contributed by atoms with E-state index in [0.29, 0.717) is 0 Å².